The summed E-state index contributed by atoms with van der Waals surface area (Å²) in [6.07, 6.45) is 2.12. The van der Waals surface area contributed by atoms with Crippen molar-refractivity contribution in [2.75, 3.05) is 0 Å². The molecular formula is C36H26Zr. The monoisotopic (exact) mass is 548 g/mol. The van der Waals surface area contributed by atoms with E-state index in [0.717, 1.165) is 12.8 Å². The van der Waals surface area contributed by atoms with Gasteiger partial charge in [-0.2, -0.15) is 24.3 Å². The summed E-state index contributed by atoms with van der Waals surface area (Å²) in [6, 6.07) is 48.0. The Labute approximate surface area is 238 Å². The van der Waals surface area contributed by atoms with Crippen molar-refractivity contribution < 1.29 is 26.2 Å². The summed E-state index contributed by atoms with van der Waals surface area (Å²) >= 11 is 0. The summed E-state index contributed by atoms with van der Waals surface area (Å²) in [5, 5.41) is 0. The van der Waals surface area contributed by atoms with Crippen LogP contribution in [0, 0.1) is 0 Å². The minimum Gasteiger partial charge on any atom is -0.152 e. The maximum Gasteiger partial charge on any atom is 2.00 e. The molecule has 0 fully saturated rings. The predicted molar refractivity (Wildman–Crippen MR) is 151 cm³/mol. The average molecular weight is 550 g/mol. The molecule has 0 N–H and O–H groups in total. The largest absolute Gasteiger partial charge is 2.00 e. The second-order valence-electron chi connectivity index (χ2n) is 9.68. The zero-order valence-electron chi connectivity index (χ0n) is 20.6. The molecule has 0 atom stereocenters. The van der Waals surface area contributed by atoms with E-state index in [-0.39, 0.29) is 26.2 Å². The van der Waals surface area contributed by atoms with Gasteiger partial charge in [-0.25, -0.2) is 0 Å². The molecule has 0 unspecified atom stereocenters. The van der Waals surface area contributed by atoms with Crippen molar-refractivity contribution in [2.24, 2.45) is 0 Å². The standard InChI is InChI=1S/2C18H13.Zr/c2*1-2-7-13(6-1)15-10-5-11-17-16-9-4-3-8-14(16)12-18(15)17;/h2*1-11H,12H2;/q2*-1;+2. The van der Waals surface area contributed by atoms with E-state index in [0.29, 0.717) is 0 Å². The molecule has 0 spiro atoms. The Morgan fingerprint density at radius 3 is 1.19 bits per heavy atom. The van der Waals surface area contributed by atoms with E-state index >= 15 is 0 Å². The second-order valence-corrected chi connectivity index (χ2v) is 9.68. The van der Waals surface area contributed by atoms with Gasteiger partial charge in [0.1, 0.15) is 0 Å². The second kappa shape index (κ2) is 10.1. The Balaban J connectivity index is 0.000000133. The van der Waals surface area contributed by atoms with Gasteiger partial charge in [0.25, 0.3) is 0 Å². The molecule has 0 amide bonds. The topological polar surface area (TPSA) is 0 Å². The van der Waals surface area contributed by atoms with E-state index in [2.05, 4.69) is 133 Å². The van der Waals surface area contributed by atoms with Gasteiger partial charge in [-0.3, -0.25) is 0 Å². The van der Waals surface area contributed by atoms with Gasteiger partial charge in [0.05, 0.1) is 0 Å². The van der Waals surface area contributed by atoms with Crippen molar-refractivity contribution in [3.05, 3.63) is 156 Å². The first-order chi connectivity index (χ1) is 17.9. The fourth-order valence-electron chi connectivity index (χ4n) is 5.96. The number of fused-ring (bicyclic) bond motifs is 6. The van der Waals surface area contributed by atoms with Gasteiger partial charge >= 0.3 is 26.2 Å². The fraction of sp³-hybridized carbons (Fsp3) is 0.0556. The molecule has 8 rings (SSSR count). The summed E-state index contributed by atoms with van der Waals surface area (Å²) in [4.78, 5) is 0. The van der Waals surface area contributed by atoms with Crippen molar-refractivity contribution in [2.45, 2.75) is 12.8 Å². The molecule has 6 aromatic carbocycles. The Hall–Kier alpha value is -3.54. The molecule has 0 heterocycles. The summed E-state index contributed by atoms with van der Waals surface area (Å²) in [6.45, 7) is 0. The van der Waals surface area contributed by atoms with Crippen molar-refractivity contribution in [1.29, 1.82) is 0 Å². The molecule has 0 nitrogen and oxygen atoms in total. The minimum atomic E-state index is 0. The molecule has 0 bridgehead atoms. The summed E-state index contributed by atoms with van der Waals surface area (Å²) in [5.41, 5.74) is 16.9. The van der Waals surface area contributed by atoms with E-state index in [1.165, 1.54) is 66.8 Å². The van der Waals surface area contributed by atoms with Gasteiger partial charge < -0.3 is 0 Å². The van der Waals surface area contributed by atoms with Crippen molar-refractivity contribution in [3.63, 3.8) is 0 Å². The van der Waals surface area contributed by atoms with Crippen LogP contribution < -0.4 is 0 Å². The molecule has 0 aromatic heterocycles. The Bertz CT molecular complexity index is 1540. The first-order valence-corrected chi connectivity index (χ1v) is 12.7. The van der Waals surface area contributed by atoms with E-state index in [9.17, 15) is 0 Å². The number of hydrogen-bond donors (Lipinski definition) is 0. The van der Waals surface area contributed by atoms with Crippen LogP contribution in [0.3, 0.4) is 0 Å². The van der Waals surface area contributed by atoms with Crippen LogP contribution in [-0.4, -0.2) is 0 Å². The van der Waals surface area contributed by atoms with Crippen LogP contribution in [0.2, 0.25) is 0 Å². The van der Waals surface area contributed by atoms with Gasteiger partial charge in [-0.15, -0.1) is 47.5 Å². The Morgan fingerprint density at radius 2 is 0.757 bits per heavy atom. The third kappa shape index (κ3) is 4.22. The van der Waals surface area contributed by atoms with Crippen LogP contribution in [0.5, 0.6) is 0 Å². The molecule has 37 heavy (non-hydrogen) atoms. The van der Waals surface area contributed by atoms with Gasteiger partial charge in [0.2, 0.25) is 0 Å². The fourth-order valence-corrected chi connectivity index (χ4v) is 5.96. The maximum atomic E-state index is 2.24. The van der Waals surface area contributed by atoms with Crippen LogP contribution in [0.25, 0.3) is 44.5 Å². The summed E-state index contributed by atoms with van der Waals surface area (Å²) < 4.78 is 0. The molecule has 0 radical (unpaired) electrons. The average Bonchev–Trinajstić information content (AvgIpc) is 3.73. The first kappa shape index (κ1) is 23.8. The molecule has 0 saturated carbocycles. The zero-order chi connectivity index (χ0) is 23.9. The van der Waals surface area contributed by atoms with Crippen LogP contribution in [-0.2, 0) is 39.0 Å². The van der Waals surface area contributed by atoms with Crippen LogP contribution in [0.15, 0.2) is 133 Å². The molecule has 2 aliphatic carbocycles. The van der Waals surface area contributed by atoms with Crippen molar-refractivity contribution in [3.8, 4) is 44.5 Å². The summed E-state index contributed by atoms with van der Waals surface area (Å²) in [5.74, 6) is 0. The molecular weight excluding hydrogens is 524 g/mol. The minimum absolute atomic E-state index is 0. The quantitative estimate of drug-likeness (QED) is 0.189. The van der Waals surface area contributed by atoms with Crippen LogP contribution >= 0.6 is 0 Å². The normalized spacial score (nSPS) is 11.9. The van der Waals surface area contributed by atoms with E-state index in [1.54, 1.807) is 0 Å². The van der Waals surface area contributed by atoms with E-state index in [1.807, 2.05) is 0 Å². The number of benzene rings is 4. The van der Waals surface area contributed by atoms with Gasteiger partial charge in [0.15, 0.2) is 0 Å². The third-order valence-corrected chi connectivity index (χ3v) is 7.65. The van der Waals surface area contributed by atoms with Gasteiger partial charge in [-0.05, 0) is 46.2 Å². The molecule has 1 heteroatoms. The van der Waals surface area contributed by atoms with Crippen LogP contribution in [0.1, 0.15) is 22.3 Å². The van der Waals surface area contributed by atoms with Gasteiger partial charge in [-0.1, -0.05) is 95.1 Å². The molecule has 6 aromatic rings. The maximum absolute atomic E-state index is 2.24. The van der Waals surface area contributed by atoms with Crippen molar-refractivity contribution in [1.82, 2.24) is 0 Å². The molecule has 174 valence electrons. The number of rotatable bonds is 2. The zero-order valence-corrected chi connectivity index (χ0v) is 23.1. The van der Waals surface area contributed by atoms with E-state index < -0.39 is 0 Å². The van der Waals surface area contributed by atoms with Gasteiger partial charge in [0, 0.05) is 0 Å². The van der Waals surface area contributed by atoms with Crippen molar-refractivity contribution >= 4 is 0 Å². The van der Waals surface area contributed by atoms with E-state index in [4.69, 9.17) is 0 Å². The smallest absolute Gasteiger partial charge is 0.152 e. The SMILES string of the molecule is [Zr+2].c1ccc2c(c1)Cc1c-2cccc1-[c-]1cccc1.c1ccc2c(c1)Cc1c-2cccc1-[c-]1cccc1. The Kier molecular flexibility index (Phi) is 6.49. The molecule has 2 aliphatic rings. The number of hydrogen-bond acceptors (Lipinski definition) is 0. The third-order valence-electron chi connectivity index (χ3n) is 7.65. The summed E-state index contributed by atoms with van der Waals surface area (Å²) in [7, 11) is 0. The molecule has 0 aliphatic heterocycles. The van der Waals surface area contributed by atoms with Crippen LogP contribution in [0.4, 0.5) is 0 Å². The predicted octanol–water partition coefficient (Wildman–Crippen LogP) is 9.28. The molecule has 0 saturated heterocycles. The first-order valence-electron chi connectivity index (χ1n) is 12.7. The Morgan fingerprint density at radius 1 is 0.378 bits per heavy atom.